The molecule has 0 radical (unpaired) electrons. The van der Waals surface area contributed by atoms with Crippen LogP contribution in [0.2, 0.25) is 0 Å². The van der Waals surface area contributed by atoms with Crippen molar-refractivity contribution in [3.63, 3.8) is 0 Å². The number of thiophene rings is 1. The molecule has 0 N–H and O–H groups in total. The summed E-state index contributed by atoms with van der Waals surface area (Å²) in [7, 11) is 0. The molecule has 1 fully saturated rings. The smallest absolute Gasteiger partial charge is 0.0646 e. The van der Waals surface area contributed by atoms with Gasteiger partial charge in [-0.1, -0.05) is 0 Å². The molecule has 2 atom stereocenters. The number of hydrogen-bond acceptors (Lipinski definition) is 2. The lowest BCUT2D eigenvalue weighted by Gasteiger charge is -2.26. The van der Waals surface area contributed by atoms with Gasteiger partial charge in [0.2, 0.25) is 0 Å². The molecule has 3 heteroatoms. The number of rotatable bonds is 2. The Morgan fingerprint density at radius 2 is 2.33 bits per heavy atom. The Morgan fingerprint density at radius 1 is 1.53 bits per heavy atom. The van der Waals surface area contributed by atoms with Gasteiger partial charge in [-0.05, 0) is 38.3 Å². The van der Waals surface area contributed by atoms with Crippen LogP contribution in [-0.4, -0.2) is 13.2 Å². The lowest BCUT2D eigenvalue weighted by molar-refractivity contribution is 0.0531. The first-order valence-corrected chi connectivity index (χ1v) is 6.72. The molecule has 1 aliphatic rings. The number of hydrogen-bond donors (Lipinski definition) is 0. The van der Waals surface area contributed by atoms with Gasteiger partial charge in [0.25, 0.3) is 0 Å². The molecule has 2 rings (SSSR count). The summed E-state index contributed by atoms with van der Waals surface area (Å²) in [5, 5.41) is 0.134. The van der Waals surface area contributed by atoms with Crippen LogP contribution in [-0.2, 0) is 4.74 Å². The van der Waals surface area contributed by atoms with Crippen LogP contribution in [0.4, 0.5) is 0 Å². The van der Waals surface area contributed by atoms with E-state index in [2.05, 4.69) is 19.9 Å². The predicted octanol–water partition coefficient (Wildman–Crippen LogP) is 4.07. The minimum absolute atomic E-state index is 0.134. The second kappa shape index (κ2) is 4.86. The number of halogens is 1. The quantitative estimate of drug-likeness (QED) is 0.713. The Bertz CT molecular complexity index is 328. The van der Waals surface area contributed by atoms with Crippen molar-refractivity contribution in [2.45, 2.75) is 32.1 Å². The van der Waals surface area contributed by atoms with Gasteiger partial charge in [0.15, 0.2) is 0 Å². The molecule has 1 aliphatic heterocycles. The van der Waals surface area contributed by atoms with Crippen LogP contribution >= 0.6 is 22.9 Å². The molecule has 2 unspecified atom stereocenters. The molecule has 15 heavy (non-hydrogen) atoms. The van der Waals surface area contributed by atoms with Crippen molar-refractivity contribution < 1.29 is 4.74 Å². The van der Waals surface area contributed by atoms with Crippen molar-refractivity contribution in [3.05, 3.63) is 21.4 Å². The van der Waals surface area contributed by atoms with Gasteiger partial charge in [-0.25, -0.2) is 0 Å². The molecule has 1 saturated heterocycles. The van der Waals surface area contributed by atoms with Crippen molar-refractivity contribution in [3.8, 4) is 0 Å². The summed E-state index contributed by atoms with van der Waals surface area (Å²) >= 11 is 8.37. The summed E-state index contributed by atoms with van der Waals surface area (Å²) in [6, 6.07) is 2.23. The molecule has 84 valence electrons. The highest BCUT2D eigenvalue weighted by molar-refractivity contribution is 7.12. The maximum atomic E-state index is 6.53. The second-order valence-electron chi connectivity index (χ2n) is 4.25. The van der Waals surface area contributed by atoms with Crippen molar-refractivity contribution >= 4 is 22.9 Å². The van der Waals surface area contributed by atoms with Gasteiger partial charge in [-0.15, -0.1) is 22.9 Å². The van der Waals surface area contributed by atoms with E-state index < -0.39 is 0 Å². The molecule has 0 aliphatic carbocycles. The molecule has 1 aromatic heterocycles. The molecular weight excluding hydrogens is 228 g/mol. The summed E-state index contributed by atoms with van der Waals surface area (Å²) in [4.78, 5) is 2.71. The number of ether oxygens (including phenoxy) is 1. The van der Waals surface area contributed by atoms with E-state index in [0.29, 0.717) is 5.92 Å². The van der Waals surface area contributed by atoms with Crippen LogP contribution in [0.3, 0.4) is 0 Å². The van der Waals surface area contributed by atoms with Gasteiger partial charge in [-0.3, -0.25) is 0 Å². The summed E-state index contributed by atoms with van der Waals surface area (Å²) in [6.45, 7) is 6.03. The fourth-order valence-corrected chi connectivity index (χ4v) is 3.64. The second-order valence-corrected chi connectivity index (χ2v) is 6.18. The maximum absolute atomic E-state index is 6.53. The van der Waals surface area contributed by atoms with E-state index in [0.717, 1.165) is 19.6 Å². The average Bonchev–Trinajstić information content (AvgIpc) is 2.58. The maximum Gasteiger partial charge on any atom is 0.0646 e. The summed E-state index contributed by atoms with van der Waals surface area (Å²) in [5.41, 5.74) is 1.31. The average molecular weight is 245 g/mol. The largest absolute Gasteiger partial charge is 0.381 e. The lowest BCUT2D eigenvalue weighted by Crippen LogP contribution is -2.21. The Hall–Kier alpha value is -0.0500. The van der Waals surface area contributed by atoms with E-state index >= 15 is 0 Å². The Kier molecular flexibility index (Phi) is 3.70. The Labute approximate surface area is 100 Å². The van der Waals surface area contributed by atoms with Crippen molar-refractivity contribution in [1.29, 1.82) is 0 Å². The summed E-state index contributed by atoms with van der Waals surface area (Å²) < 4.78 is 5.49. The predicted molar refractivity (Wildman–Crippen MR) is 65.9 cm³/mol. The summed E-state index contributed by atoms with van der Waals surface area (Å²) in [6.07, 6.45) is 2.35. The van der Waals surface area contributed by atoms with Gasteiger partial charge in [-0.2, -0.15) is 0 Å². The van der Waals surface area contributed by atoms with Crippen LogP contribution in [0.15, 0.2) is 6.07 Å². The topological polar surface area (TPSA) is 9.23 Å². The van der Waals surface area contributed by atoms with E-state index in [1.807, 2.05) is 11.3 Å². The lowest BCUT2D eigenvalue weighted by atomic mass is 9.94. The first-order valence-electron chi connectivity index (χ1n) is 5.47. The zero-order valence-corrected chi connectivity index (χ0v) is 10.8. The zero-order valence-electron chi connectivity index (χ0n) is 9.25. The van der Waals surface area contributed by atoms with Crippen molar-refractivity contribution in [2.75, 3.05) is 13.2 Å². The minimum Gasteiger partial charge on any atom is -0.381 e. The third-order valence-electron chi connectivity index (χ3n) is 2.99. The standard InChI is InChI=1S/C12H17ClOS/c1-8-6-11(9(2)15-8)12(13)10-4-3-5-14-7-10/h6,10,12H,3-5,7H2,1-2H3. The Morgan fingerprint density at radius 3 is 2.87 bits per heavy atom. The van der Waals surface area contributed by atoms with Gasteiger partial charge in [0.1, 0.15) is 0 Å². The van der Waals surface area contributed by atoms with E-state index in [9.17, 15) is 0 Å². The van der Waals surface area contributed by atoms with E-state index in [4.69, 9.17) is 16.3 Å². The van der Waals surface area contributed by atoms with E-state index in [-0.39, 0.29) is 5.38 Å². The first kappa shape index (κ1) is 11.4. The zero-order chi connectivity index (χ0) is 10.8. The van der Waals surface area contributed by atoms with Crippen LogP contribution in [0.5, 0.6) is 0 Å². The van der Waals surface area contributed by atoms with Gasteiger partial charge < -0.3 is 4.74 Å². The number of alkyl halides is 1. The van der Waals surface area contributed by atoms with Gasteiger partial charge >= 0.3 is 0 Å². The van der Waals surface area contributed by atoms with Gasteiger partial charge in [0.05, 0.1) is 12.0 Å². The van der Waals surface area contributed by atoms with E-state index in [1.54, 1.807) is 0 Å². The Balaban J connectivity index is 2.12. The SMILES string of the molecule is Cc1cc(C(Cl)C2CCCOC2)c(C)s1. The fraction of sp³-hybridized carbons (Fsp3) is 0.667. The summed E-state index contributed by atoms with van der Waals surface area (Å²) in [5.74, 6) is 0.494. The molecule has 1 aromatic rings. The molecule has 0 saturated carbocycles. The fourth-order valence-electron chi connectivity index (χ4n) is 2.17. The molecule has 0 amide bonds. The van der Waals surface area contributed by atoms with Crippen LogP contribution in [0.1, 0.15) is 33.5 Å². The molecular formula is C12H17ClOS. The van der Waals surface area contributed by atoms with E-state index in [1.165, 1.54) is 21.7 Å². The third-order valence-corrected chi connectivity index (χ3v) is 4.56. The van der Waals surface area contributed by atoms with Crippen molar-refractivity contribution in [2.24, 2.45) is 5.92 Å². The minimum atomic E-state index is 0.134. The highest BCUT2D eigenvalue weighted by Crippen LogP contribution is 2.38. The molecule has 0 spiro atoms. The highest BCUT2D eigenvalue weighted by atomic mass is 35.5. The molecule has 0 aromatic carbocycles. The highest BCUT2D eigenvalue weighted by Gasteiger charge is 2.25. The van der Waals surface area contributed by atoms with Gasteiger partial charge in [0, 0.05) is 22.3 Å². The number of aryl methyl sites for hydroxylation is 2. The van der Waals surface area contributed by atoms with Crippen LogP contribution in [0, 0.1) is 19.8 Å². The molecule has 2 heterocycles. The first-order chi connectivity index (χ1) is 7.18. The molecule has 1 nitrogen and oxygen atoms in total. The normalized spacial score (nSPS) is 24.1. The third kappa shape index (κ3) is 2.55. The molecule has 0 bridgehead atoms. The monoisotopic (exact) mass is 244 g/mol. The van der Waals surface area contributed by atoms with Crippen molar-refractivity contribution in [1.82, 2.24) is 0 Å². The van der Waals surface area contributed by atoms with Crippen LogP contribution < -0.4 is 0 Å². The van der Waals surface area contributed by atoms with Crippen LogP contribution in [0.25, 0.3) is 0 Å².